The van der Waals surface area contributed by atoms with Gasteiger partial charge in [0.1, 0.15) is 12.1 Å². The van der Waals surface area contributed by atoms with Crippen molar-refractivity contribution in [3.8, 4) is 0 Å². The standard InChI is InChI=1S/C16H30N4O4.C2H4O2/c1-10(2)13(16(23)24)19-14(21)12-7-5-9-20(12)15(22)11(18)6-3-4-8-17;1-2(3)4/h10-13H,3-9,17-18H2,1-2H3,(H,19,21)(H,23,24);1H3,(H,3,4). The topological polar surface area (TPSA) is 176 Å². The van der Waals surface area contributed by atoms with Crippen molar-refractivity contribution in [2.75, 3.05) is 13.1 Å². The van der Waals surface area contributed by atoms with Crippen molar-refractivity contribution in [2.45, 2.75) is 71.0 Å². The van der Waals surface area contributed by atoms with Gasteiger partial charge in [0, 0.05) is 13.5 Å². The Morgan fingerprint density at radius 2 is 1.75 bits per heavy atom. The summed E-state index contributed by atoms with van der Waals surface area (Å²) < 4.78 is 0. The molecule has 0 aromatic rings. The summed E-state index contributed by atoms with van der Waals surface area (Å²) in [5.41, 5.74) is 11.4. The smallest absolute Gasteiger partial charge is 0.326 e. The Hall–Kier alpha value is -2.20. The molecule has 7 N–H and O–H groups in total. The van der Waals surface area contributed by atoms with E-state index in [2.05, 4.69) is 5.32 Å². The first kappa shape index (κ1) is 25.8. The van der Waals surface area contributed by atoms with E-state index in [1.165, 1.54) is 4.90 Å². The first-order chi connectivity index (χ1) is 13.0. The van der Waals surface area contributed by atoms with Gasteiger partial charge in [-0.1, -0.05) is 20.3 Å². The van der Waals surface area contributed by atoms with Crippen molar-refractivity contribution in [3.63, 3.8) is 0 Å². The van der Waals surface area contributed by atoms with Gasteiger partial charge >= 0.3 is 5.97 Å². The highest BCUT2D eigenvalue weighted by molar-refractivity contribution is 5.92. The quantitative estimate of drug-likeness (QED) is 0.328. The number of carbonyl (C=O) groups excluding carboxylic acids is 2. The van der Waals surface area contributed by atoms with Crippen molar-refractivity contribution >= 4 is 23.8 Å². The SMILES string of the molecule is CC(=O)O.CC(C)C(NC(=O)C1CCCN1C(=O)C(N)CCCCN)C(=O)O. The monoisotopic (exact) mass is 402 g/mol. The van der Waals surface area contributed by atoms with Crippen molar-refractivity contribution < 1.29 is 29.4 Å². The van der Waals surface area contributed by atoms with Crippen molar-refractivity contribution in [1.29, 1.82) is 0 Å². The lowest BCUT2D eigenvalue weighted by atomic mass is 10.0. The van der Waals surface area contributed by atoms with Gasteiger partial charge < -0.3 is 31.9 Å². The second-order valence-corrected chi connectivity index (χ2v) is 7.17. The molecule has 1 aliphatic heterocycles. The maximum absolute atomic E-state index is 12.5. The van der Waals surface area contributed by atoms with Crippen LogP contribution in [0.1, 0.15) is 52.9 Å². The molecule has 1 saturated heterocycles. The molecule has 1 fully saturated rings. The fraction of sp³-hybridized carbons (Fsp3) is 0.778. The molecule has 1 aliphatic rings. The van der Waals surface area contributed by atoms with Gasteiger partial charge in [-0.25, -0.2) is 4.79 Å². The van der Waals surface area contributed by atoms with Gasteiger partial charge in [0.25, 0.3) is 5.97 Å². The van der Waals surface area contributed by atoms with Crippen LogP contribution < -0.4 is 16.8 Å². The number of nitrogens with zero attached hydrogens (tertiary/aromatic N) is 1. The van der Waals surface area contributed by atoms with Crippen LogP contribution in [-0.2, 0) is 19.2 Å². The lowest BCUT2D eigenvalue weighted by Crippen LogP contribution is -2.54. The van der Waals surface area contributed by atoms with Gasteiger partial charge in [0.2, 0.25) is 11.8 Å². The summed E-state index contributed by atoms with van der Waals surface area (Å²) in [5, 5.41) is 19.2. The predicted molar refractivity (Wildman–Crippen MR) is 103 cm³/mol. The van der Waals surface area contributed by atoms with Crippen LogP contribution in [0.15, 0.2) is 0 Å². The molecular formula is C18H34N4O6. The van der Waals surface area contributed by atoms with Crippen LogP contribution in [-0.4, -0.2) is 70.1 Å². The summed E-state index contributed by atoms with van der Waals surface area (Å²) in [4.78, 5) is 46.6. The van der Waals surface area contributed by atoms with Crippen LogP contribution in [0.3, 0.4) is 0 Å². The van der Waals surface area contributed by atoms with Gasteiger partial charge in [-0.15, -0.1) is 0 Å². The molecule has 10 heteroatoms. The average molecular weight is 402 g/mol. The summed E-state index contributed by atoms with van der Waals surface area (Å²) in [6, 6.07) is -2.25. The van der Waals surface area contributed by atoms with Crippen molar-refractivity contribution in [1.82, 2.24) is 10.2 Å². The minimum atomic E-state index is -1.08. The van der Waals surface area contributed by atoms with Gasteiger partial charge in [0.05, 0.1) is 6.04 Å². The maximum atomic E-state index is 12.5. The second kappa shape index (κ2) is 13.1. The van der Waals surface area contributed by atoms with Crippen LogP contribution in [0.2, 0.25) is 0 Å². The number of carboxylic acid groups (broad SMARTS) is 2. The van der Waals surface area contributed by atoms with Crippen molar-refractivity contribution in [3.05, 3.63) is 0 Å². The van der Waals surface area contributed by atoms with Crippen LogP contribution in [0, 0.1) is 5.92 Å². The first-order valence-corrected chi connectivity index (χ1v) is 9.51. The van der Waals surface area contributed by atoms with E-state index in [9.17, 15) is 19.5 Å². The molecule has 10 nitrogen and oxygen atoms in total. The number of amides is 2. The molecule has 1 rings (SSSR count). The van der Waals surface area contributed by atoms with Gasteiger partial charge in [-0.3, -0.25) is 14.4 Å². The molecular weight excluding hydrogens is 368 g/mol. The van der Waals surface area contributed by atoms with E-state index in [0.717, 1.165) is 19.8 Å². The molecule has 0 bridgehead atoms. The number of nitrogens with one attached hydrogen (secondary N) is 1. The molecule has 0 saturated carbocycles. The summed E-state index contributed by atoms with van der Waals surface area (Å²) >= 11 is 0. The van der Waals surface area contributed by atoms with E-state index >= 15 is 0 Å². The Morgan fingerprint density at radius 3 is 2.21 bits per heavy atom. The highest BCUT2D eigenvalue weighted by atomic mass is 16.4. The number of unbranched alkanes of at least 4 members (excludes halogenated alkanes) is 1. The Morgan fingerprint density at radius 1 is 1.18 bits per heavy atom. The van der Waals surface area contributed by atoms with Crippen LogP contribution in [0.5, 0.6) is 0 Å². The number of rotatable bonds is 9. The van der Waals surface area contributed by atoms with Crippen LogP contribution in [0.4, 0.5) is 0 Å². The van der Waals surface area contributed by atoms with E-state index in [1.807, 2.05) is 0 Å². The van der Waals surface area contributed by atoms with Gasteiger partial charge in [-0.05, 0) is 38.1 Å². The highest BCUT2D eigenvalue weighted by Gasteiger charge is 2.37. The Balaban J connectivity index is 0.00000165. The Labute approximate surface area is 165 Å². The zero-order valence-electron chi connectivity index (χ0n) is 16.9. The van der Waals surface area contributed by atoms with E-state index < -0.39 is 36.0 Å². The Kier molecular flexibility index (Phi) is 12.0. The van der Waals surface area contributed by atoms with Crippen molar-refractivity contribution in [2.24, 2.45) is 17.4 Å². The molecule has 0 aromatic heterocycles. The van der Waals surface area contributed by atoms with Gasteiger partial charge in [0.15, 0.2) is 0 Å². The average Bonchev–Trinajstić information content (AvgIpc) is 3.07. The molecule has 162 valence electrons. The second-order valence-electron chi connectivity index (χ2n) is 7.17. The normalized spacial score (nSPS) is 18.1. The summed E-state index contributed by atoms with van der Waals surface area (Å²) in [5.74, 6) is -2.82. The number of carbonyl (C=O) groups is 4. The summed E-state index contributed by atoms with van der Waals surface area (Å²) in [7, 11) is 0. The van der Waals surface area contributed by atoms with E-state index in [1.54, 1.807) is 13.8 Å². The largest absolute Gasteiger partial charge is 0.481 e. The molecule has 0 aliphatic carbocycles. The van der Waals surface area contributed by atoms with E-state index in [-0.39, 0.29) is 11.8 Å². The first-order valence-electron chi connectivity index (χ1n) is 9.51. The lowest BCUT2D eigenvalue weighted by molar-refractivity contribution is -0.145. The van der Waals surface area contributed by atoms with E-state index in [4.69, 9.17) is 21.4 Å². The number of hydrogen-bond acceptors (Lipinski definition) is 6. The molecule has 2 amide bonds. The third-order valence-corrected chi connectivity index (χ3v) is 4.36. The molecule has 0 aromatic carbocycles. The zero-order chi connectivity index (χ0) is 21.9. The third kappa shape index (κ3) is 9.14. The number of carboxylic acids is 2. The molecule has 3 unspecified atom stereocenters. The minimum Gasteiger partial charge on any atom is -0.481 e. The number of nitrogens with two attached hydrogens (primary N) is 2. The third-order valence-electron chi connectivity index (χ3n) is 4.36. The number of aliphatic carboxylic acids is 2. The zero-order valence-corrected chi connectivity index (χ0v) is 16.9. The van der Waals surface area contributed by atoms with Crippen LogP contribution >= 0.6 is 0 Å². The molecule has 1 heterocycles. The molecule has 28 heavy (non-hydrogen) atoms. The predicted octanol–water partition coefficient (Wildman–Crippen LogP) is -0.250. The summed E-state index contributed by atoms with van der Waals surface area (Å²) in [6.07, 6.45) is 3.34. The minimum absolute atomic E-state index is 0.240. The summed E-state index contributed by atoms with van der Waals surface area (Å²) in [6.45, 7) is 5.57. The number of likely N-dealkylation sites (tertiary alicyclic amines) is 1. The number of hydrogen-bond donors (Lipinski definition) is 5. The highest BCUT2D eigenvalue weighted by Crippen LogP contribution is 2.20. The van der Waals surface area contributed by atoms with E-state index in [0.29, 0.717) is 32.4 Å². The molecule has 0 spiro atoms. The fourth-order valence-corrected chi connectivity index (χ4v) is 2.91. The van der Waals surface area contributed by atoms with Gasteiger partial charge in [-0.2, -0.15) is 0 Å². The Bertz CT molecular complexity index is 536. The molecule has 3 atom stereocenters. The molecule has 0 radical (unpaired) electrons. The maximum Gasteiger partial charge on any atom is 0.326 e. The lowest BCUT2D eigenvalue weighted by Gasteiger charge is -2.28. The van der Waals surface area contributed by atoms with Crippen LogP contribution in [0.25, 0.3) is 0 Å². The fourth-order valence-electron chi connectivity index (χ4n) is 2.91.